The summed E-state index contributed by atoms with van der Waals surface area (Å²) in [6.07, 6.45) is 2.53. The molecule has 2 rings (SSSR count). The van der Waals surface area contributed by atoms with Crippen LogP contribution in [0.4, 0.5) is 0 Å². The number of carbonyl (C=O) groups is 2. The molecule has 0 aliphatic heterocycles. The summed E-state index contributed by atoms with van der Waals surface area (Å²) in [5.41, 5.74) is 1.65. The van der Waals surface area contributed by atoms with Gasteiger partial charge >= 0.3 is 0 Å². The average molecular weight is 470 g/mol. The van der Waals surface area contributed by atoms with Gasteiger partial charge in [-0.05, 0) is 48.2 Å². The van der Waals surface area contributed by atoms with Crippen molar-refractivity contribution in [3.63, 3.8) is 0 Å². The van der Waals surface area contributed by atoms with Crippen molar-refractivity contribution < 1.29 is 9.59 Å². The normalized spacial score (nSPS) is 11.8. The molecule has 0 bridgehead atoms. The molecular weight excluding hydrogens is 443 g/mol. The van der Waals surface area contributed by atoms with Gasteiger partial charge in [0.2, 0.25) is 11.8 Å². The fourth-order valence-electron chi connectivity index (χ4n) is 3.14. The molecule has 2 aromatic rings. The van der Waals surface area contributed by atoms with E-state index >= 15 is 0 Å². The minimum Gasteiger partial charge on any atom is -0.354 e. The van der Waals surface area contributed by atoms with Gasteiger partial charge in [-0.3, -0.25) is 9.59 Å². The van der Waals surface area contributed by atoms with Crippen molar-refractivity contribution in [3.8, 4) is 0 Å². The number of rotatable bonds is 10. The Hall–Kier alpha value is -1.75. The van der Waals surface area contributed by atoms with E-state index in [1.165, 1.54) is 0 Å². The van der Waals surface area contributed by atoms with Gasteiger partial charge in [0, 0.05) is 18.1 Å². The van der Waals surface area contributed by atoms with Crippen LogP contribution < -0.4 is 5.32 Å². The van der Waals surface area contributed by atoms with Gasteiger partial charge in [-0.15, -0.1) is 0 Å². The molecule has 0 aliphatic rings. The number of amides is 2. The number of nitrogens with zero attached hydrogens (tertiary/aromatic N) is 1. The Kier molecular flexibility index (Phi) is 9.96. The standard InChI is InChI=1S/C23H27Cl3N2O2/c1-3-5-12-27-23(30)21(4-2)28(15-16-6-9-18(24)10-7-16)22(29)14-17-8-11-19(25)20(26)13-17/h6-11,13,21H,3-5,12,14-15H2,1-2H3,(H,27,30)/t21-/m0/s1. The molecule has 0 radical (unpaired) electrons. The molecule has 0 heterocycles. The highest BCUT2D eigenvalue weighted by Gasteiger charge is 2.28. The Morgan fingerprint density at radius 2 is 1.63 bits per heavy atom. The first-order valence-electron chi connectivity index (χ1n) is 10.1. The van der Waals surface area contributed by atoms with E-state index in [0.717, 1.165) is 24.0 Å². The number of hydrogen-bond acceptors (Lipinski definition) is 2. The molecule has 0 saturated heterocycles. The molecule has 2 aromatic carbocycles. The van der Waals surface area contributed by atoms with E-state index in [1.54, 1.807) is 35.2 Å². The van der Waals surface area contributed by atoms with Crippen LogP contribution in [0.2, 0.25) is 15.1 Å². The zero-order chi connectivity index (χ0) is 22.1. The maximum atomic E-state index is 13.3. The van der Waals surface area contributed by atoms with Gasteiger partial charge in [0.25, 0.3) is 0 Å². The fourth-order valence-corrected chi connectivity index (χ4v) is 3.58. The summed E-state index contributed by atoms with van der Waals surface area (Å²) >= 11 is 18.1. The first-order chi connectivity index (χ1) is 14.3. The van der Waals surface area contributed by atoms with Crippen molar-refractivity contribution in [2.75, 3.05) is 6.54 Å². The van der Waals surface area contributed by atoms with Crippen LogP contribution in [0.25, 0.3) is 0 Å². The van der Waals surface area contributed by atoms with Crippen molar-refractivity contribution in [1.29, 1.82) is 0 Å². The summed E-state index contributed by atoms with van der Waals surface area (Å²) in [4.78, 5) is 27.7. The maximum absolute atomic E-state index is 13.3. The first kappa shape index (κ1) is 24.5. The second kappa shape index (κ2) is 12.2. The lowest BCUT2D eigenvalue weighted by Crippen LogP contribution is -2.49. The number of benzene rings is 2. The number of hydrogen-bond donors (Lipinski definition) is 1. The van der Waals surface area contributed by atoms with Gasteiger partial charge in [0.15, 0.2) is 0 Å². The van der Waals surface area contributed by atoms with E-state index in [0.29, 0.717) is 34.6 Å². The van der Waals surface area contributed by atoms with Gasteiger partial charge < -0.3 is 10.2 Å². The zero-order valence-electron chi connectivity index (χ0n) is 17.3. The Balaban J connectivity index is 2.25. The van der Waals surface area contributed by atoms with Crippen LogP contribution in [0.1, 0.15) is 44.2 Å². The SMILES string of the molecule is CCCCNC(=O)[C@H](CC)N(Cc1ccc(Cl)cc1)C(=O)Cc1ccc(Cl)c(Cl)c1. The Morgan fingerprint density at radius 1 is 0.967 bits per heavy atom. The topological polar surface area (TPSA) is 49.4 Å². The largest absolute Gasteiger partial charge is 0.354 e. The van der Waals surface area contributed by atoms with E-state index in [9.17, 15) is 9.59 Å². The molecule has 2 amide bonds. The third-order valence-corrected chi connectivity index (χ3v) is 5.81. The molecule has 1 N–H and O–H groups in total. The van der Waals surface area contributed by atoms with Crippen molar-refractivity contribution >= 4 is 46.6 Å². The van der Waals surface area contributed by atoms with E-state index in [2.05, 4.69) is 12.2 Å². The number of carbonyl (C=O) groups excluding carboxylic acids is 2. The lowest BCUT2D eigenvalue weighted by Gasteiger charge is -2.31. The number of nitrogens with one attached hydrogen (secondary N) is 1. The Bertz CT molecular complexity index is 856. The minimum absolute atomic E-state index is 0.128. The third kappa shape index (κ3) is 7.19. The summed E-state index contributed by atoms with van der Waals surface area (Å²) in [5, 5.41) is 4.41. The quantitative estimate of drug-likeness (QED) is 0.440. The highest BCUT2D eigenvalue weighted by molar-refractivity contribution is 6.42. The van der Waals surface area contributed by atoms with Crippen molar-refractivity contribution in [2.45, 2.75) is 52.1 Å². The number of unbranched alkanes of at least 4 members (excludes halogenated alkanes) is 1. The lowest BCUT2D eigenvalue weighted by atomic mass is 10.1. The van der Waals surface area contributed by atoms with E-state index in [4.69, 9.17) is 34.8 Å². The molecule has 0 spiro atoms. The molecule has 0 unspecified atom stereocenters. The Labute approximate surface area is 193 Å². The molecule has 162 valence electrons. The Morgan fingerprint density at radius 3 is 2.23 bits per heavy atom. The highest BCUT2D eigenvalue weighted by atomic mass is 35.5. The molecule has 30 heavy (non-hydrogen) atoms. The zero-order valence-corrected chi connectivity index (χ0v) is 19.5. The predicted molar refractivity (Wildman–Crippen MR) is 124 cm³/mol. The summed E-state index contributed by atoms with van der Waals surface area (Å²) in [5.74, 6) is -0.289. The smallest absolute Gasteiger partial charge is 0.242 e. The molecule has 0 saturated carbocycles. The van der Waals surface area contributed by atoms with E-state index in [1.807, 2.05) is 19.1 Å². The second-order valence-electron chi connectivity index (χ2n) is 7.14. The third-order valence-electron chi connectivity index (χ3n) is 4.82. The molecular formula is C23H27Cl3N2O2. The predicted octanol–water partition coefficient (Wildman–Crippen LogP) is 5.91. The van der Waals surface area contributed by atoms with Crippen LogP contribution in [0.15, 0.2) is 42.5 Å². The molecule has 0 fully saturated rings. The van der Waals surface area contributed by atoms with Crippen molar-refractivity contribution in [3.05, 3.63) is 68.7 Å². The first-order valence-corrected chi connectivity index (χ1v) is 11.2. The van der Waals surface area contributed by atoms with Gasteiger partial charge in [0.1, 0.15) is 6.04 Å². The van der Waals surface area contributed by atoms with Crippen LogP contribution in [-0.2, 0) is 22.6 Å². The van der Waals surface area contributed by atoms with E-state index < -0.39 is 6.04 Å². The van der Waals surface area contributed by atoms with Crippen LogP contribution in [0.5, 0.6) is 0 Å². The molecule has 7 heteroatoms. The molecule has 4 nitrogen and oxygen atoms in total. The monoisotopic (exact) mass is 468 g/mol. The summed E-state index contributed by atoms with van der Waals surface area (Å²) < 4.78 is 0. The van der Waals surface area contributed by atoms with Gasteiger partial charge in [-0.25, -0.2) is 0 Å². The van der Waals surface area contributed by atoms with Crippen LogP contribution in [-0.4, -0.2) is 29.3 Å². The summed E-state index contributed by atoms with van der Waals surface area (Å²) in [6, 6.07) is 11.9. The van der Waals surface area contributed by atoms with Crippen molar-refractivity contribution in [1.82, 2.24) is 10.2 Å². The van der Waals surface area contributed by atoms with E-state index in [-0.39, 0.29) is 18.2 Å². The summed E-state index contributed by atoms with van der Waals surface area (Å²) in [6.45, 7) is 4.89. The summed E-state index contributed by atoms with van der Waals surface area (Å²) in [7, 11) is 0. The average Bonchev–Trinajstić information content (AvgIpc) is 2.72. The molecule has 0 aliphatic carbocycles. The van der Waals surface area contributed by atoms with Crippen LogP contribution in [0, 0.1) is 0 Å². The second-order valence-corrected chi connectivity index (χ2v) is 8.39. The maximum Gasteiger partial charge on any atom is 0.242 e. The minimum atomic E-state index is -0.562. The van der Waals surface area contributed by atoms with Crippen LogP contribution in [0.3, 0.4) is 0 Å². The number of halogens is 3. The lowest BCUT2D eigenvalue weighted by molar-refractivity contribution is -0.140. The van der Waals surface area contributed by atoms with Crippen molar-refractivity contribution in [2.24, 2.45) is 0 Å². The van der Waals surface area contributed by atoms with Crippen LogP contribution >= 0.6 is 34.8 Å². The van der Waals surface area contributed by atoms with Gasteiger partial charge in [-0.1, -0.05) is 73.3 Å². The highest BCUT2D eigenvalue weighted by Crippen LogP contribution is 2.24. The molecule has 1 atom stereocenters. The fraction of sp³-hybridized carbons (Fsp3) is 0.391. The van der Waals surface area contributed by atoms with Gasteiger partial charge in [0.05, 0.1) is 16.5 Å². The van der Waals surface area contributed by atoms with Gasteiger partial charge in [-0.2, -0.15) is 0 Å². The molecule has 0 aromatic heterocycles.